The van der Waals surface area contributed by atoms with Crippen LogP contribution in [0.25, 0.3) is 5.82 Å². The molecule has 2 aromatic heterocycles. The maximum atomic E-state index is 12.6. The van der Waals surface area contributed by atoms with Gasteiger partial charge in [-0.2, -0.15) is 0 Å². The molecule has 8 heteroatoms. The molecule has 0 unspecified atom stereocenters. The van der Waals surface area contributed by atoms with Crippen molar-refractivity contribution in [3.05, 3.63) is 72.4 Å². The SMILES string of the molecule is O=C(Nc1ccc(C(=O)OC2CCNCC2)cc1)c1ccnc(-n2ccnc2)c1. The molecule has 4 rings (SSSR count). The lowest BCUT2D eigenvalue weighted by Crippen LogP contribution is -2.33. The summed E-state index contributed by atoms with van der Waals surface area (Å²) in [5, 5.41) is 6.06. The summed E-state index contributed by atoms with van der Waals surface area (Å²) in [6.07, 6.45) is 8.20. The van der Waals surface area contributed by atoms with Gasteiger partial charge in [0.25, 0.3) is 5.91 Å². The van der Waals surface area contributed by atoms with Crippen LogP contribution in [0.5, 0.6) is 0 Å². The van der Waals surface area contributed by atoms with Gasteiger partial charge in [0, 0.05) is 29.8 Å². The van der Waals surface area contributed by atoms with E-state index in [1.165, 1.54) is 0 Å². The van der Waals surface area contributed by atoms with E-state index in [0.717, 1.165) is 25.9 Å². The summed E-state index contributed by atoms with van der Waals surface area (Å²) in [7, 11) is 0. The predicted octanol–water partition coefficient (Wildman–Crippen LogP) is 2.43. The summed E-state index contributed by atoms with van der Waals surface area (Å²) in [6.45, 7) is 1.72. The summed E-state index contributed by atoms with van der Waals surface area (Å²) in [4.78, 5) is 33.0. The fraction of sp³-hybridized carbons (Fsp3) is 0.238. The topological polar surface area (TPSA) is 98.1 Å². The lowest BCUT2D eigenvalue weighted by Gasteiger charge is -2.22. The molecule has 2 N–H and O–H groups in total. The zero-order chi connectivity index (χ0) is 20.1. The molecule has 8 nitrogen and oxygen atoms in total. The molecule has 1 amide bonds. The third-order valence-corrected chi connectivity index (χ3v) is 4.71. The van der Waals surface area contributed by atoms with Crippen molar-refractivity contribution in [2.75, 3.05) is 18.4 Å². The van der Waals surface area contributed by atoms with Crippen LogP contribution >= 0.6 is 0 Å². The van der Waals surface area contributed by atoms with E-state index in [9.17, 15) is 9.59 Å². The largest absolute Gasteiger partial charge is 0.459 e. The number of nitrogens with zero attached hydrogens (tertiary/aromatic N) is 3. The second-order valence-corrected chi connectivity index (χ2v) is 6.76. The highest BCUT2D eigenvalue weighted by Gasteiger charge is 2.18. The van der Waals surface area contributed by atoms with Crippen molar-refractivity contribution in [1.29, 1.82) is 0 Å². The van der Waals surface area contributed by atoms with Crippen molar-refractivity contribution < 1.29 is 14.3 Å². The molecule has 1 fully saturated rings. The van der Waals surface area contributed by atoms with E-state index < -0.39 is 0 Å². The number of piperidine rings is 1. The van der Waals surface area contributed by atoms with E-state index in [1.54, 1.807) is 65.9 Å². The van der Waals surface area contributed by atoms with Crippen molar-refractivity contribution in [3.8, 4) is 5.82 Å². The van der Waals surface area contributed by atoms with Crippen LogP contribution in [-0.4, -0.2) is 45.6 Å². The van der Waals surface area contributed by atoms with Gasteiger partial charge in [0.1, 0.15) is 18.2 Å². The fourth-order valence-electron chi connectivity index (χ4n) is 3.12. The Morgan fingerprint density at radius 2 is 1.86 bits per heavy atom. The second-order valence-electron chi connectivity index (χ2n) is 6.76. The number of hydrogen-bond donors (Lipinski definition) is 2. The van der Waals surface area contributed by atoms with Crippen LogP contribution in [0, 0.1) is 0 Å². The van der Waals surface area contributed by atoms with E-state index in [4.69, 9.17) is 4.74 Å². The molecule has 0 saturated carbocycles. The van der Waals surface area contributed by atoms with Gasteiger partial charge >= 0.3 is 5.97 Å². The summed E-state index contributed by atoms with van der Waals surface area (Å²) in [6, 6.07) is 10.0. The molecule has 0 aliphatic carbocycles. The lowest BCUT2D eigenvalue weighted by atomic mass is 10.1. The molecule has 1 saturated heterocycles. The molecule has 1 aromatic carbocycles. The van der Waals surface area contributed by atoms with Gasteiger partial charge in [-0.15, -0.1) is 0 Å². The molecular formula is C21H21N5O3. The molecule has 29 heavy (non-hydrogen) atoms. The Labute approximate surface area is 167 Å². The van der Waals surface area contributed by atoms with Crippen LogP contribution in [0.4, 0.5) is 5.69 Å². The predicted molar refractivity (Wildman–Crippen MR) is 107 cm³/mol. The van der Waals surface area contributed by atoms with Gasteiger partial charge in [0.2, 0.25) is 0 Å². The first-order valence-electron chi connectivity index (χ1n) is 9.46. The highest BCUT2D eigenvalue weighted by molar-refractivity contribution is 6.04. The molecule has 1 aliphatic rings. The summed E-state index contributed by atoms with van der Waals surface area (Å²) >= 11 is 0. The maximum Gasteiger partial charge on any atom is 0.338 e. The first-order chi connectivity index (χ1) is 14.2. The van der Waals surface area contributed by atoms with E-state index >= 15 is 0 Å². The minimum absolute atomic E-state index is 0.0421. The van der Waals surface area contributed by atoms with Gasteiger partial charge in [-0.3, -0.25) is 9.36 Å². The van der Waals surface area contributed by atoms with Crippen molar-refractivity contribution in [2.45, 2.75) is 18.9 Å². The van der Waals surface area contributed by atoms with Crippen molar-refractivity contribution in [2.24, 2.45) is 0 Å². The van der Waals surface area contributed by atoms with Gasteiger partial charge in [-0.25, -0.2) is 14.8 Å². The highest BCUT2D eigenvalue weighted by Crippen LogP contribution is 2.16. The Morgan fingerprint density at radius 3 is 2.59 bits per heavy atom. The standard InChI is InChI=1S/C21H21N5O3/c27-20(16-5-10-24-19(13-16)26-12-11-23-14-26)25-17-3-1-15(2-4-17)21(28)29-18-6-8-22-9-7-18/h1-5,10-14,18,22H,6-9H2,(H,25,27). The fourth-order valence-corrected chi connectivity index (χ4v) is 3.12. The second kappa shape index (κ2) is 8.66. The van der Waals surface area contributed by atoms with Gasteiger partial charge < -0.3 is 15.4 Å². The quantitative estimate of drug-likeness (QED) is 0.648. The van der Waals surface area contributed by atoms with Crippen LogP contribution in [0.2, 0.25) is 0 Å². The summed E-state index contributed by atoms with van der Waals surface area (Å²) in [5.74, 6) is -0.00108. The minimum Gasteiger partial charge on any atom is -0.459 e. The van der Waals surface area contributed by atoms with Crippen molar-refractivity contribution >= 4 is 17.6 Å². The Morgan fingerprint density at radius 1 is 1.07 bits per heavy atom. The maximum absolute atomic E-state index is 12.6. The molecule has 0 atom stereocenters. The molecule has 0 bridgehead atoms. The van der Waals surface area contributed by atoms with Gasteiger partial charge in [-0.1, -0.05) is 0 Å². The molecule has 3 aromatic rings. The number of esters is 1. The number of benzene rings is 1. The average Bonchev–Trinajstić information content (AvgIpc) is 3.30. The van der Waals surface area contributed by atoms with E-state index in [1.807, 2.05) is 0 Å². The molecule has 3 heterocycles. The van der Waals surface area contributed by atoms with Gasteiger partial charge in [0.05, 0.1) is 5.56 Å². The number of nitrogens with one attached hydrogen (secondary N) is 2. The number of imidazole rings is 1. The summed E-state index contributed by atoms with van der Waals surface area (Å²) in [5.41, 5.74) is 1.53. The van der Waals surface area contributed by atoms with Crippen LogP contribution < -0.4 is 10.6 Å². The molecular weight excluding hydrogens is 370 g/mol. The number of anilines is 1. The number of rotatable bonds is 5. The van der Waals surface area contributed by atoms with Crippen LogP contribution in [0.1, 0.15) is 33.6 Å². The molecule has 0 spiro atoms. The smallest absolute Gasteiger partial charge is 0.338 e. The lowest BCUT2D eigenvalue weighted by molar-refractivity contribution is 0.0229. The number of aromatic nitrogens is 3. The molecule has 1 aliphatic heterocycles. The van der Waals surface area contributed by atoms with Crippen LogP contribution in [0.15, 0.2) is 61.3 Å². The van der Waals surface area contributed by atoms with E-state index in [-0.39, 0.29) is 18.0 Å². The normalized spacial score (nSPS) is 14.3. The average molecular weight is 391 g/mol. The van der Waals surface area contributed by atoms with Crippen molar-refractivity contribution in [1.82, 2.24) is 19.9 Å². The third kappa shape index (κ3) is 4.67. The Balaban J connectivity index is 1.39. The number of carbonyl (C=O) groups excluding carboxylic acids is 2. The van der Waals surface area contributed by atoms with Crippen LogP contribution in [0.3, 0.4) is 0 Å². The number of amides is 1. The molecule has 0 radical (unpaired) electrons. The minimum atomic E-state index is -0.339. The Hall–Kier alpha value is -3.52. The highest BCUT2D eigenvalue weighted by atomic mass is 16.5. The molecule has 148 valence electrons. The van der Waals surface area contributed by atoms with Gasteiger partial charge in [-0.05, 0) is 62.3 Å². The monoisotopic (exact) mass is 391 g/mol. The van der Waals surface area contributed by atoms with E-state index in [2.05, 4.69) is 20.6 Å². The number of ether oxygens (including phenoxy) is 1. The summed E-state index contributed by atoms with van der Waals surface area (Å²) < 4.78 is 7.26. The van der Waals surface area contributed by atoms with Crippen LogP contribution in [-0.2, 0) is 4.74 Å². The first kappa shape index (κ1) is 18.8. The Kier molecular flexibility index (Phi) is 5.62. The number of pyridine rings is 1. The van der Waals surface area contributed by atoms with E-state index in [0.29, 0.717) is 22.6 Å². The number of hydrogen-bond acceptors (Lipinski definition) is 6. The zero-order valence-electron chi connectivity index (χ0n) is 15.7. The number of carbonyl (C=O) groups is 2. The zero-order valence-corrected chi connectivity index (χ0v) is 15.7. The van der Waals surface area contributed by atoms with Crippen molar-refractivity contribution in [3.63, 3.8) is 0 Å². The van der Waals surface area contributed by atoms with Gasteiger partial charge in [0.15, 0.2) is 0 Å². The Bertz CT molecular complexity index is 980. The first-order valence-corrected chi connectivity index (χ1v) is 9.46. The third-order valence-electron chi connectivity index (χ3n) is 4.71.